The van der Waals surface area contributed by atoms with Gasteiger partial charge in [0.15, 0.2) is 11.6 Å². The number of anilines is 1. The number of hydrogen-bond donors (Lipinski definition) is 3. The predicted molar refractivity (Wildman–Crippen MR) is 66.6 cm³/mol. The van der Waals surface area contributed by atoms with Gasteiger partial charge in [-0.1, -0.05) is 0 Å². The van der Waals surface area contributed by atoms with Crippen LogP contribution in [0, 0.1) is 18.6 Å². The quantitative estimate of drug-likeness (QED) is 0.583. The minimum Gasteiger partial charge on any atom is -0.444 e. The Bertz CT molecular complexity index is 619. The maximum Gasteiger partial charge on any atom is 0.251 e. The summed E-state index contributed by atoms with van der Waals surface area (Å²) in [5, 5.41) is 2.44. The largest absolute Gasteiger partial charge is 0.444 e. The molecule has 8 heteroatoms. The van der Waals surface area contributed by atoms with Gasteiger partial charge in [-0.2, -0.15) is 0 Å². The molecule has 0 saturated carbocycles. The number of carbonyl (C=O) groups excluding carboxylic acids is 1. The molecule has 0 bridgehead atoms. The zero-order chi connectivity index (χ0) is 14.7. The van der Waals surface area contributed by atoms with E-state index < -0.39 is 23.2 Å². The Morgan fingerprint density at radius 1 is 1.40 bits per heavy atom. The fourth-order valence-corrected chi connectivity index (χ4v) is 1.58. The zero-order valence-corrected chi connectivity index (χ0v) is 10.5. The summed E-state index contributed by atoms with van der Waals surface area (Å²) in [6.07, 6.45) is 1.50. The second-order valence-corrected chi connectivity index (χ2v) is 4.01. The number of hydrogen-bond acceptors (Lipinski definition) is 5. The van der Waals surface area contributed by atoms with E-state index in [4.69, 9.17) is 10.3 Å². The number of halogens is 2. The van der Waals surface area contributed by atoms with Gasteiger partial charge in [0.05, 0.1) is 12.7 Å². The van der Waals surface area contributed by atoms with E-state index in [9.17, 15) is 13.6 Å². The van der Waals surface area contributed by atoms with Crippen LogP contribution in [-0.4, -0.2) is 10.9 Å². The molecule has 0 aliphatic carbocycles. The van der Waals surface area contributed by atoms with Crippen LogP contribution in [0.5, 0.6) is 0 Å². The first-order chi connectivity index (χ1) is 9.51. The lowest BCUT2D eigenvalue weighted by molar-refractivity contribution is 0.0946. The highest BCUT2D eigenvalue weighted by molar-refractivity contribution is 5.94. The number of nitrogen functional groups attached to an aromatic ring is 1. The molecule has 20 heavy (non-hydrogen) atoms. The number of nitrogens with two attached hydrogens (primary N) is 1. The predicted octanol–water partition coefficient (Wildman–Crippen LogP) is 1.48. The summed E-state index contributed by atoms with van der Waals surface area (Å²) in [4.78, 5) is 15.7. The van der Waals surface area contributed by atoms with Crippen molar-refractivity contribution in [2.45, 2.75) is 13.5 Å². The Morgan fingerprint density at radius 3 is 2.55 bits per heavy atom. The first kappa shape index (κ1) is 13.9. The van der Waals surface area contributed by atoms with E-state index in [1.54, 1.807) is 6.92 Å². The number of nitrogens with zero attached hydrogens (tertiary/aromatic N) is 1. The highest BCUT2D eigenvalue weighted by atomic mass is 19.1. The molecule has 0 unspecified atom stereocenters. The number of aryl methyl sites for hydroxylation is 1. The number of amides is 1. The minimum absolute atomic E-state index is 0.0206. The zero-order valence-electron chi connectivity index (χ0n) is 10.5. The molecular weight excluding hydrogens is 270 g/mol. The number of aromatic nitrogens is 1. The smallest absolute Gasteiger partial charge is 0.251 e. The Balaban J connectivity index is 2.09. The summed E-state index contributed by atoms with van der Waals surface area (Å²) in [7, 11) is 0. The number of nitrogens with one attached hydrogen (secondary N) is 2. The van der Waals surface area contributed by atoms with Crippen molar-refractivity contribution in [3.8, 4) is 0 Å². The molecule has 6 nitrogen and oxygen atoms in total. The summed E-state index contributed by atoms with van der Waals surface area (Å²) in [6.45, 7) is 1.73. The van der Waals surface area contributed by atoms with Crippen molar-refractivity contribution >= 4 is 11.6 Å². The lowest BCUT2D eigenvalue weighted by atomic mass is 10.1. The topological polar surface area (TPSA) is 93.2 Å². The van der Waals surface area contributed by atoms with E-state index in [1.807, 2.05) is 5.43 Å². The third kappa shape index (κ3) is 2.91. The van der Waals surface area contributed by atoms with Crippen molar-refractivity contribution in [1.82, 2.24) is 10.3 Å². The van der Waals surface area contributed by atoms with E-state index in [2.05, 4.69) is 10.3 Å². The van der Waals surface area contributed by atoms with Gasteiger partial charge in [0.1, 0.15) is 11.4 Å². The normalized spacial score (nSPS) is 10.4. The third-order valence-electron chi connectivity index (χ3n) is 2.52. The highest BCUT2D eigenvalue weighted by Gasteiger charge is 2.15. The van der Waals surface area contributed by atoms with Crippen LogP contribution in [0.2, 0.25) is 0 Å². The summed E-state index contributed by atoms with van der Waals surface area (Å²) >= 11 is 0. The molecular formula is C12H12F2N4O2. The summed E-state index contributed by atoms with van der Waals surface area (Å²) in [5.74, 6) is 3.31. The number of carbonyl (C=O) groups is 1. The average molecular weight is 282 g/mol. The van der Waals surface area contributed by atoms with E-state index in [0.717, 1.165) is 12.1 Å². The molecule has 0 spiro atoms. The van der Waals surface area contributed by atoms with Crippen LogP contribution >= 0.6 is 0 Å². The van der Waals surface area contributed by atoms with Gasteiger partial charge in [-0.15, -0.1) is 0 Å². The number of rotatable bonds is 4. The molecule has 2 rings (SSSR count). The van der Waals surface area contributed by atoms with Gasteiger partial charge in [0.25, 0.3) is 5.91 Å². The van der Waals surface area contributed by atoms with Crippen molar-refractivity contribution in [3.05, 3.63) is 47.2 Å². The standard InChI is InChI=1S/C12H12F2N4O2/c1-6-4-16-10(20-6)5-17-12(19)7-2-8(13)11(18-15)9(14)3-7/h2-4,18H,5,15H2,1H3,(H,17,19). The second kappa shape index (κ2) is 5.66. The molecule has 4 N–H and O–H groups in total. The van der Waals surface area contributed by atoms with Crippen LogP contribution in [0.3, 0.4) is 0 Å². The number of benzene rings is 1. The van der Waals surface area contributed by atoms with Gasteiger partial charge in [0.2, 0.25) is 5.89 Å². The van der Waals surface area contributed by atoms with Crippen molar-refractivity contribution in [1.29, 1.82) is 0 Å². The first-order valence-electron chi connectivity index (χ1n) is 5.66. The van der Waals surface area contributed by atoms with Crippen LogP contribution in [-0.2, 0) is 6.54 Å². The van der Waals surface area contributed by atoms with Gasteiger partial charge in [-0.25, -0.2) is 13.8 Å². The lowest BCUT2D eigenvalue weighted by Gasteiger charge is -2.07. The van der Waals surface area contributed by atoms with Crippen molar-refractivity contribution in [2.24, 2.45) is 5.84 Å². The monoisotopic (exact) mass is 282 g/mol. The Hall–Kier alpha value is -2.48. The fourth-order valence-electron chi connectivity index (χ4n) is 1.58. The van der Waals surface area contributed by atoms with E-state index in [-0.39, 0.29) is 12.1 Å². The molecule has 1 aromatic carbocycles. The molecule has 0 aliphatic rings. The van der Waals surface area contributed by atoms with Gasteiger partial charge in [0, 0.05) is 5.56 Å². The molecule has 1 heterocycles. The molecule has 106 valence electrons. The second-order valence-electron chi connectivity index (χ2n) is 4.01. The molecule has 0 fully saturated rings. The maximum atomic E-state index is 13.4. The van der Waals surface area contributed by atoms with Gasteiger partial charge >= 0.3 is 0 Å². The van der Waals surface area contributed by atoms with Crippen molar-refractivity contribution < 1.29 is 18.0 Å². The Kier molecular flexibility index (Phi) is 3.94. The molecule has 0 radical (unpaired) electrons. The third-order valence-corrected chi connectivity index (χ3v) is 2.52. The first-order valence-corrected chi connectivity index (χ1v) is 5.66. The van der Waals surface area contributed by atoms with Crippen LogP contribution in [0.15, 0.2) is 22.7 Å². The highest BCUT2D eigenvalue weighted by Crippen LogP contribution is 2.19. The molecule has 1 amide bonds. The average Bonchev–Trinajstić information content (AvgIpc) is 2.81. The van der Waals surface area contributed by atoms with Crippen LogP contribution in [0.4, 0.5) is 14.5 Å². The van der Waals surface area contributed by atoms with Gasteiger partial charge in [-0.05, 0) is 19.1 Å². The molecule has 0 aliphatic heterocycles. The van der Waals surface area contributed by atoms with Crippen LogP contribution in [0.25, 0.3) is 0 Å². The molecule has 0 atom stereocenters. The van der Waals surface area contributed by atoms with Crippen molar-refractivity contribution in [3.63, 3.8) is 0 Å². The number of hydrazine groups is 1. The SMILES string of the molecule is Cc1cnc(CNC(=O)c2cc(F)c(NN)c(F)c2)o1. The summed E-state index contributed by atoms with van der Waals surface area (Å²) in [6, 6.07) is 1.77. The van der Waals surface area contributed by atoms with E-state index in [0.29, 0.717) is 11.7 Å². The maximum absolute atomic E-state index is 13.4. The number of oxazole rings is 1. The molecule has 1 aromatic heterocycles. The van der Waals surface area contributed by atoms with Gasteiger partial charge in [-0.3, -0.25) is 10.6 Å². The van der Waals surface area contributed by atoms with Crippen molar-refractivity contribution in [2.75, 3.05) is 5.43 Å². The van der Waals surface area contributed by atoms with E-state index in [1.165, 1.54) is 6.20 Å². The lowest BCUT2D eigenvalue weighted by Crippen LogP contribution is -2.23. The Morgan fingerprint density at radius 2 is 2.05 bits per heavy atom. The fraction of sp³-hybridized carbons (Fsp3) is 0.167. The van der Waals surface area contributed by atoms with Gasteiger partial charge < -0.3 is 15.2 Å². The molecule has 2 aromatic rings. The molecule has 0 saturated heterocycles. The summed E-state index contributed by atoms with van der Waals surface area (Å²) < 4.78 is 32.0. The summed E-state index contributed by atoms with van der Waals surface area (Å²) in [5.41, 5.74) is 1.22. The Labute approximate surface area is 112 Å². The minimum atomic E-state index is -0.954. The van der Waals surface area contributed by atoms with Crippen LogP contribution in [0.1, 0.15) is 22.0 Å². The van der Waals surface area contributed by atoms with Crippen LogP contribution < -0.4 is 16.6 Å². The van der Waals surface area contributed by atoms with E-state index >= 15 is 0 Å².